The predicted octanol–water partition coefficient (Wildman–Crippen LogP) is 3.22. The predicted molar refractivity (Wildman–Crippen MR) is 104 cm³/mol. The molecule has 0 saturated carbocycles. The third-order valence-corrected chi connectivity index (χ3v) is 4.94. The van der Waals surface area contributed by atoms with E-state index in [0.717, 1.165) is 5.56 Å². The SMILES string of the molecule is CC(C)(O)C(C)(C)OB(O)c1cc(OCc2cccnc2)c(Cl)cc1Cl. The van der Waals surface area contributed by atoms with Crippen LogP contribution in [0.1, 0.15) is 33.3 Å². The van der Waals surface area contributed by atoms with Gasteiger partial charge < -0.3 is 19.5 Å². The molecule has 0 aliphatic carbocycles. The fourth-order valence-electron chi connectivity index (χ4n) is 1.98. The van der Waals surface area contributed by atoms with Crippen molar-refractivity contribution in [1.82, 2.24) is 4.98 Å². The Labute approximate surface area is 164 Å². The highest BCUT2D eigenvalue weighted by molar-refractivity contribution is 6.64. The molecule has 1 aromatic carbocycles. The molecule has 2 aromatic rings. The molecule has 0 amide bonds. The first-order valence-corrected chi connectivity index (χ1v) is 8.86. The Morgan fingerprint density at radius 3 is 2.42 bits per heavy atom. The normalized spacial score (nSPS) is 12.2. The highest BCUT2D eigenvalue weighted by Gasteiger charge is 2.40. The molecule has 1 heterocycles. The maximum absolute atomic E-state index is 10.5. The van der Waals surface area contributed by atoms with Gasteiger partial charge in [-0.25, -0.2) is 0 Å². The van der Waals surface area contributed by atoms with E-state index in [1.54, 1.807) is 40.1 Å². The topological polar surface area (TPSA) is 71.8 Å². The summed E-state index contributed by atoms with van der Waals surface area (Å²) < 4.78 is 11.4. The number of hydrogen-bond acceptors (Lipinski definition) is 5. The maximum atomic E-state index is 10.5. The van der Waals surface area contributed by atoms with Gasteiger partial charge in [-0.05, 0) is 45.9 Å². The molecule has 140 valence electrons. The lowest BCUT2D eigenvalue weighted by atomic mass is 9.76. The van der Waals surface area contributed by atoms with E-state index in [4.69, 9.17) is 32.6 Å². The molecule has 0 atom stereocenters. The van der Waals surface area contributed by atoms with Gasteiger partial charge in [-0.1, -0.05) is 29.3 Å². The number of nitrogens with zero attached hydrogens (tertiary/aromatic N) is 1. The molecular formula is C18H22BCl2NO4. The van der Waals surface area contributed by atoms with Gasteiger partial charge in [0.15, 0.2) is 0 Å². The van der Waals surface area contributed by atoms with E-state index in [1.165, 1.54) is 12.1 Å². The smallest absolute Gasteiger partial charge is 0.487 e. The van der Waals surface area contributed by atoms with E-state index in [-0.39, 0.29) is 11.6 Å². The van der Waals surface area contributed by atoms with Crippen molar-refractivity contribution in [2.24, 2.45) is 0 Å². The summed E-state index contributed by atoms with van der Waals surface area (Å²) in [7, 11) is -1.36. The van der Waals surface area contributed by atoms with E-state index in [9.17, 15) is 10.1 Å². The van der Waals surface area contributed by atoms with E-state index >= 15 is 0 Å². The molecule has 1 aromatic heterocycles. The Bertz CT molecular complexity index is 751. The summed E-state index contributed by atoms with van der Waals surface area (Å²) in [5.41, 5.74) is -1.02. The molecule has 2 rings (SSSR count). The summed E-state index contributed by atoms with van der Waals surface area (Å²) in [6.07, 6.45) is 3.36. The minimum absolute atomic E-state index is 0.239. The fourth-order valence-corrected chi connectivity index (χ4v) is 2.51. The van der Waals surface area contributed by atoms with Crippen LogP contribution < -0.4 is 10.2 Å². The number of aromatic nitrogens is 1. The molecule has 0 aliphatic heterocycles. The number of benzene rings is 1. The zero-order chi connectivity index (χ0) is 19.5. The summed E-state index contributed by atoms with van der Waals surface area (Å²) >= 11 is 12.4. The van der Waals surface area contributed by atoms with Crippen LogP contribution in [0.25, 0.3) is 0 Å². The molecule has 0 unspecified atom stereocenters. The van der Waals surface area contributed by atoms with E-state index in [0.29, 0.717) is 16.2 Å². The van der Waals surface area contributed by atoms with Crippen LogP contribution >= 0.6 is 23.2 Å². The van der Waals surface area contributed by atoms with Crippen LogP contribution in [0, 0.1) is 0 Å². The van der Waals surface area contributed by atoms with Gasteiger partial charge in [-0.15, -0.1) is 0 Å². The van der Waals surface area contributed by atoms with Crippen molar-refractivity contribution in [1.29, 1.82) is 0 Å². The van der Waals surface area contributed by atoms with Gasteiger partial charge in [0.1, 0.15) is 12.4 Å². The zero-order valence-corrected chi connectivity index (χ0v) is 16.7. The first kappa shape index (κ1) is 21.0. The zero-order valence-electron chi connectivity index (χ0n) is 15.2. The monoisotopic (exact) mass is 397 g/mol. The fraction of sp³-hybridized carbons (Fsp3) is 0.389. The van der Waals surface area contributed by atoms with Crippen molar-refractivity contribution in [2.45, 2.75) is 45.5 Å². The lowest BCUT2D eigenvalue weighted by Crippen LogP contribution is -2.53. The molecule has 0 radical (unpaired) electrons. The lowest BCUT2D eigenvalue weighted by Gasteiger charge is -2.38. The molecule has 2 N–H and O–H groups in total. The van der Waals surface area contributed by atoms with Crippen molar-refractivity contribution < 1.29 is 19.5 Å². The second kappa shape index (κ2) is 8.15. The molecule has 0 bridgehead atoms. The van der Waals surface area contributed by atoms with Gasteiger partial charge in [0.2, 0.25) is 0 Å². The second-order valence-electron chi connectivity index (χ2n) is 6.99. The number of pyridine rings is 1. The number of rotatable bonds is 7. The van der Waals surface area contributed by atoms with Gasteiger partial charge in [0.25, 0.3) is 0 Å². The quantitative estimate of drug-likeness (QED) is 0.701. The lowest BCUT2D eigenvalue weighted by molar-refractivity contribution is -0.0982. The van der Waals surface area contributed by atoms with Crippen molar-refractivity contribution in [3.63, 3.8) is 0 Å². The molecular weight excluding hydrogens is 376 g/mol. The highest BCUT2D eigenvalue weighted by atomic mass is 35.5. The standard InChI is InChI=1S/C18H22BCl2NO4/c1-17(2,23)18(3,4)26-19(24)13-8-16(15(21)9-14(13)20)25-11-12-6-5-7-22-10-12/h5-10,23-24H,11H2,1-4H3. The van der Waals surface area contributed by atoms with Crippen LogP contribution in [0.3, 0.4) is 0 Å². The molecule has 8 heteroatoms. The largest absolute Gasteiger partial charge is 0.493 e. The molecule has 0 spiro atoms. The number of ether oxygens (including phenoxy) is 1. The summed E-state index contributed by atoms with van der Waals surface area (Å²) in [6, 6.07) is 6.71. The number of hydrogen-bond donors (Lipinski definition) is 2. The Balaban J connectivity index is 2.21. The van der Waals surface area contributed by atoms with E-state index in [2.05, 4.69) is 4.98 Å². The molecule has 0 saturated heterocycles. The van der Waals surface area contributed by atoms with Crippen LogP contribution in [-0.2, 0) is 11.3 Å². The molecule has 26 heavy (non-hydrogen) atoms. The van der Waals surface area contributed by atoms with Crippen molar-refractivity contribution in [2.75, 3.05) is 0 Å². The van der Waals surface area contributed by atoms with Gasteiger partial charge in [0, 0.05) is 28.4 Å². The third kappa shape index (κ3) is 5.12. The first-order valence-electron chi connectivity index (χ1n) is 8.10. The minimum Gasteiger partial charge on any atom is -0.487 e. The Morgan fingerprint density at radius 1 is 1.15 bits per heavy atom. The Morgan fingerprint density at radius 2 is 1.85 bits per heavy atom. The van der Waals surface area contributed by atoms with Crippen molar-refractivity contribution >= 4 is 35.8 Å². The van der Waals surface area contributed by atoms with E-state index < -0.39 is 18.3 Å². The summed E-state index contributed by atoms with van der Waals surface area (Å²) in [4.78, 5) is 4.02. The number of halogens is 2. The van der Waals surface area contributed by atoms with Crippen LogP contribution in [0.5, 0.6) is 5.75 Å². The average Bonchev–Trinajstić information content (AvgIpc) is 2.53. The first-order chi connectivity index (χ1) is 12.0. The Hall–Kier alpha value is -1.31. The minimum atomic E-state index is -1.36. The third-order valence-electron chi connectivity index (χ3n) is 4.31. The summed E-state index contributed by atoms with van der Waals surface area (Å²) in [6.45, 7) is 6.83. The molecule has 5 nitrogen and oxygen atoms in total. The Kier molecular flexibility index (Phi) is 6.58. The summed E-state index contributed by atoms with van der Waals surface area (Å²) in [5, 5.41) is 21.2. The maximum Gasteiger partial charge on any atom is 0.493 e. The van der Waals surface area contributed by atoms with Crippen molar-refractivity contribution in [3.05, 3.63) is 52.3 Å². The van der Waals surface area contributed by atoms with Gasteiger partial charge in [-0.3, -0.25) is 4.98 Å². The van der Waals surface area contributed by atoms with Crippen LogP contribution in [0.2, 0.25) is 10.0 Å². The average molecular weight is 398 g/mol. The van der Waals surface area contributed by atoms with Crippen molar-refractivity contribution in [3.8, 4) is 5.75 Å². The van der Waals surface area contributed by atoms with Gasteiger partial charge >= 0.3 is 7.12 Å². The summed E-state index contributed by atoms with van der Waals surface area (Å²) in [5.74, 6) is 0.360. The van der Waals surface area contributed by atoms with Crippen LogP contribution in [0.4, 0.5) is 0 Å². The number of aliphatic hydroxyl groups is 1. The van der Waals surface area contributed by atoms with Gasteiger partial charge in [0.05, 0.1) is 16.2 Å². The van der Waals surface area contributed by atoms with Crippen LogP contribution in [0.15, 0.2) is 36.7 Å². The van der Waals surface area contributed by atoms with E-state index in [1.807, 2.05) is 12.1 Å². The highest BCUT2D eigenvalue weighted by Crippen LogP contribution is 2.29. The second-order valence-corrected chi connectivity index (χ2v) is 7.81. The van der Waals surface area contributed by atoms with Gasteiger partial charge in [-0.2, -0.15) is 0 Å². The molecule has 0 fully saturated rings. The molecule has 0 aliphatic rings. The van der Waals surface area contributed by atoms with Crippen LogP contribution in [-0.4, -0.2) is 33.4 Å².